The van der Waals surface area contributed by atoms with Crippen molar-refractivity contribution < 1.29 is 0 Å². The van der Waals surface area contributed by atoms with Gasteiger partial charge in [0.25, 0.3) is 0 Å². The second kappa shape index (κ2) is 6.92. The number of aromatic nitrogens is 3. The summed E-state index contributed by atoms with van der Waals surface area (Å²) in [5.74, 6) is 0.945. The average molecular weight is 320 g/mol. The molecule has 1 aromatic heterocycles. The molecule has 0 aliphatic rings. The Kier molecular flexibility index (Phi) is 5.19. The molecule has 6 heteroatoms. The van der Waals surface area contributed by atoms with E-state index in [1.54, 1.807) is 0 Å². The Morgan fingerprint density at radius 2 is 1.73 bits per heavy atom. The van der Waals surface area contributed by atoms with Gasteiger partial charge in [0.2, 0.25) is 17.2 Å². The van der Waals surface area contributed by atoms with Crippen molar-refractivity contribution in [3.05, 3.63) is 41.2 Å². The maximum atomic E-state index is 6.01. The van der Waals surface area contributed by atoms with Crippen LogP contribution in [-0.2, 0) is 5.54 Å². The van der Waals surface area contributed by atoms with Crippen molar-refractivity contribution in [3.63, 3.8) is 0 Å². The first-order valence-electron chi connectivity index (χ1n) is 7.42. The SMILES string of the molecule is CC[C@@H](C)Nc1nc(Cl)nc(NC(C)(C)c2ccccc2)n1. The second-order valence-corrected chi connectivity index (χ2v) is 6.16. The Bertz CT molecular complexity index is 615. The van der Waals surface area contributed by atoms with Crippen LogP contribution >= 0.6 is 11.6 Å². The third kappa shape index (κ3) is 4.31. The van der Waals surface area contributed by atoms with Crippen LogP contribution in [0.2, 0.25) is 5.28 Å². The summed E-state index contributed by atoms with van der Waals surface area (Å²) in [5, 5.41) is 6.71. The monoisotopic (exact) mass is 319 g/mol. The van der Waals surface area contributed by atoms with Gasteiger partial charge < -0.3 is 10.6 Å². The minimum atomic E-state index is -0.320. The van der Waals surface area contributed by atoms with Gasteiger partial charge in [-0.2, -0.15) is 15.0 Å². The molecule has 0 saturated heterocycles. The fourth-order valence-corrected chi connectivity index (χ4v) is 2.16. The molecule has 2 rings (SSSR count). The number of benzene rings is 1. The highest BCUT2D eigenvalue weighted by molar-refractivity contribution is 6.28. The van der Waals surface area contributed by atoms with Gasteiger partial charge >= 0.3 is 0 Å². The minimum absolute atomic E-state index is 0.173. The van der Waals surface area contributed by atoms with Crippen LogP contribution in [0.5, 0.6) is 0 Å². The number of hydrogen-bond donors (Lipinski definition) is 2. The Balaban J connectivity index is 2.22. The van der Waals surface area contributed by atoms with E-state index in [4.69, 9.17) is 11.6 Å². The van der Waals surface area contributed by atoms with Crippen LogP contribution in [0.3, 0.4) is 0 Å². The molecule has 0 spiro atoms. The van der Waals surface area contributed by atoms with Crippen LogP contribution in [0.1, 0.15) is 39.7 Å². The van der Waals surface area contributed by atoms with Crippen LogP contribution in [0.15, 0.2) is 30.3 Å². The van der Waals surface area contributed by atoms with Crippen molar-refractivity contribution in [1.82, 2.24) is 15.0 Å². The first-order chi connectivity index (χ1) is 10.4. The Morgan fingerprint density at radius 3 is 2.36 bits per heavy atom. The molecule has 2 aromatic rings. The average Bonchev–Trinajstić information content (AvgIpc) is 2.47. The van der Waals surface area contributed by atoms with E-state index in [1.165, 1.54) is 0 Å². The summed E-state index contributed by atoms with van der Waals surface area (Å²) in [6, 6.07) is 10.4. The lowest BCUT2D eigenvalue weighted by Gasteiger charge is -2.27. The predicted octanol–water partition coefficient (Wildman–Crippen LogP) is 4.08. The zero-order valence-corrected chi connectivity index (χ0v) is 14.1. The van der Waals surface area contributed by atoms with Gasteiger partial charge in [0.15, 0.2) is 0 Å². The number of hydrogen-bond acceptors (Lipinski definition) is 5. The molecule has 0 aliphatic heterocycles. The van der Waals surface area contributed by atoms with Crippen LogP contribution in [0, 0.1) is 0 Å². The molecule has 2 N–H and O–H groups in total. The lowest BCUT2D eigenvalue weighted by Crippen LogP contribution is -2.29. The van der Waals surface area contributed by atoms with E-state index in [1.807, 2.05) is 18.2 Å². The molecule has 0 unspecified atom stereocenters. The summed E-state index contributed by atoms with van der Waals surface area (Å²) in [6.45, 7) is 8.31. The van der Waals surface area contributed by atoms with E-state index in [-0.39, 0.29) is 16.9 Å². The van der Waals surface area contributed by atoms with Gasteiger partial charge in [-0.25, -0.2) is 0 Å². The maximum Gasteiger partial charge on any atom is 0.229 e. The van der Waals surface area contributed by atoms with Crippen molar-refractivity contribution in [2.45, 2.75) is 45.7 Å². The van der Waals surface area contributed by atoms with Gasteiger partial charge in [-0.3, -0.25) is 0 Å². The highest BCUT2D eigenvalue weighted by atomic mass is 35.5. The fourth-order valence-electron chi connectivity index (χ4n) is 2.00. The molecule has 0 aliphatic carbocycles. The third-order valence-corrected chi connectivity index (χ3v) is 3.68. The van der Waals surface area contributed by atoms with Gasteiger partial charge in [0.1, 0.15) is 0 Å². The largest absolute Gasteiger partial charge is 0.352 e. The van der Waals surface area contributed by atoms with E-state index >= 15 is 0 Å². The van der Waals surface area contributed by atoms with Gasteiger partial charge in [-0.1, -0.05) is 37.3 Å². The van der Waals surface area contributed by atoms with Crippen LogP contribution < -0.4 is 10.6 Å². The van der Waals surface area contributed by atoms with Crippen molar-refractivity contribution in [2.75, 3.05) is 10.6 Å². The molecule has 1 atom stereocenters. The molecular formula is C16H22ClN5. The van der Waals surface area contributed by atoms with E-state index < -0.39 is 0 Å². The summed E-state index contributed by atoms with van der Waals surface area (Å²) in [4.78, 5) is 12.7. The van der Waals surface area contributed by atoms with Crippen molar-refractivity contribution in [2.24, 2.45) is 0 Å². The molecule has 0 bridgehead atoms. The quantitative estimate of drug-likeness (QED) is 0.840. The van der Waals surface area contributed by atoms with E-state index in [9.17, 15) is 0 Å². The number of anilines is 2. The summed E-state index contributed by atoms with van der Waals surface area (Å²) in [7, 11) is 0. The number of halogens is 1. The Labute approximate surface area is 136 Å². The summed E-state index contributed by atoms with van der Waals surface area (Å²) in [5.41, 5.74) is 0.822. The van der Waals surface area contributed by atoms with Gasteiger partial charge in [-0.15, -0.1) is 0 Å². The molecule has 118 valence electrons. The van der Waals surface area contributed by atoms with Gasteiger partial charge in [-0.05, 0) is 44.4 Å². The van der Waals surface area contributed by atoms with Gasteiger partial charge in [0, 0.05) is 6.04 Å². The molecule has 22 heavy (non-hydrogen) atoms. The van der Waals surface area contributed by atoms with Crippen molar-refractivity contribution >= 4 is 23.5 Å². The molecule has 1 heterocycles. The Morgan fingerprint density at radius 1 is 1.09 bits per heavy atom. The highest BCUT2D eigenvalue weighted by Gasteiger charge is 2.21. The number of nitrogens with zero attached hydrogens (tertiary/aromatic N) is 3. The smallest absolute Gasteiger partial charge is 0.229 e. The predicted molar refractivity (Wildman–Crippen MR) is 91.3 cm³/mol. The molecule has 1 aromatic carbocycles. The number of nitrogens with one attached hydrogen (secondary N) is 2. The maximum absolute atomic E-state index is 6.01. The van der Waals surface area contributed by atoms with Gasteiger partial charge in [0.05, 0.1) is 5.54 Å². The molecule has 0 fully saturated rings. The Hall–Kier alpha value is -1.88. The van der Waals surface area contributed by atoms with E-state index in [0.29, 0.717) is 11.9 Å². The topological polar surface area (TPSA) is 62.7 Å². The van der Waals surface area contributed by atoms with Crippen LogP contribution in [-0.4, -0.2) is 21.0 Å². The zero-order chi connectivity index (χ0) is 16.2. The molecular weight excluding hydrogens is 298 g/mol. The van der Waals surface area contributed by atoms with Crippen molar-refractivity contribution in [3.8, 4) is 0 Å². The molecule has 5 nitrogen and oxygen atoms in total. The summed E-state index contributed by atoms with van der Waals surface area (Å²) < 4.78 is 0. The zero-order valence-electron chi connectivity index (χ0n) is 13.4. The number of rotatable bonds is 6. The van der Waals surface area contributed by atoms with E-state index in [0.717, 1.165) is 12.0 Å². The standard InChI is InChI=1S/C16H22ClN5/c1-5-11(2)18-14-19-13(17)20-15(21-14)22-16(3,4)12-9-7-6-8-10-12/h6-11H,5H2,1-4H3,(H2,18,19,20,21,22)/t11-/m1/s1. The summed E-state index contributed by atoms with van der Waals surface area (Å²) >= 11 is 6.01. The summed E-state index contributed by atoms with van der Waals surface area (Å²) in [6.07, 6.45) is 0.974. The van der Waals surface area contributed by atoms with Crippen LogP contribution in [0.4, 0.5) is 11.9 Å². The minimum Gasteiger partial charge on any atom is -0.352 e. The molecule has 0 amide bonds. The van der Waals surface area contributed by atoms with E-state index in [2.05, 4.69) is 65.4 Å². The first kappa shape index (κ1) is 16.5. The highest BCUT2D eigenvalue weighted by Crippen LogP contribution is 2.24. The van der Waals surface area contributed by atoms with Crippen molar-refractivity contribution in [1.29, 1.82) is 0 Å². The fraction of sp³-hybridized carbons (Fsp3) is 0.438. The molecule has 0 saturated carbocycles. The van der Waals surface area contributed by atoms with Crippen LogP contribution in [0.25, 0.3) is 0 Å². The normalized spacial score (nSPS) is 12.8. The second-order valence-electron chi connectivity index (χ2n) is 5.82. The lowest BCUT2D eigenvalue weighted by molar-refractivity contribution is 0.601. The molecule has 0 radical (unpaired) electrons. The first-order valence-corrected chi connectivity index (χ1v) is 7.80. The lowest BCUT2D eigenvalue weighted by atomic mass is 9.95. The third-order valence-electron chi connectivity index (χ3n) is 3.52.